The molecule has 140 valence electrons. The van der Waals surface area contributed by atoms with E-state index >= 15 is 0 Å². The van der Waals surface area contributed by atoms with Gasteiger partial charge in [0.05, 0.1) is 12.2 Å². The number of hydrogen-bond donors (Lipinski definition) is 0. The molecule has 0 spiro atoms. The van der Waals surface area contributed by atoms with Crippen LogP contribution < -0.4 is 4.90 Å². The van der Waals surface area contributed by atoms with Crippen molar-refractivity contribution >= 4 is 17.7 Å². The highest BCUT2D eigenvalue weighted by atomic mass is 16.6. The van der Waals surface area contributed by atoms with E-state index < -0.39 is 5.60 Å². The van der Waals surface area contributed by atoms with Gasteiger partial charge in [0.25, 0.3) is 0 Å². The van der Waals surface area contributed by atoms with E-state index in [1.807, 2.05) is 27.7 Å². The summed E-state index contributed by atoms with van der Waals surface area (Å²) < 4.78 is 10.7. The molecule has 0 N–H and O–H groups in total. The first-order valence-electron chi connectivity index (χ1n) is 9.06. The Morgan fingerprint density at radius 3 is 2.12 bits per heavy atom. The smallest absolute Gasteiger partial charge is 0.414 e. The van der Waals surface area contributed by atoms with Gasteiger partial charge in [0.15, 0.2) is 0 Å². The van der Waals surface area contributed by atoms with E-state index in [4.69, 9.17) is 9.47 Å². The van der Waals surface area contributed by atoms with Crippen LogP contribution in [-0.2, 0) is 9.47 Å². The van der Waals surface area contributed by atoms with E-state index in [0.717, 1.165) is 25.7 Å². The highest BCUT2D eigenvalue weighted by molar-refractivity contribution is 5.92. The first kappa shape index (κ1) is 21.0. The number of ether oxygens (including phenoxy) is 2. The third kappa shape index (κ3) is 7.59. The van der Waals surface area contributed by atoms with Crippen LogP contribution in [0.15, 0.2) is 24.3 Å². The number of hydrogen-bond acceptors (Lipinski definition) is 4. The molecule has 0 saturated heterocycles. The number of carbonyl (C=O) groups is 2. The Morgan fingerprint density at radius 2 is 1.60 bits per heavy atom. The van der Waals surface area contributed by atoms with E-state index in [9.17, 15) is 9.59 Å². The summed E-state index contributed by atoms with van der Waals surface area (Å²) in [5, 5.41) is 0. The van der Waals surface area contributed by atoms with Gasteiger partial charge in [-0.15, -0.1) is 0 Å². The van der Waals surface area contributed by atoms with Gasteiger partial charge >= 0.3 is 12.1 Å². The van der Waals surface area contributed by atoms with Gasteiger partial charge in [-0.2, -0.15) is 0 Å². The molecule has 0 fully saturated rings. The fourth-order valence-corrected chi connectivity index (χ4v) is 2.13. The maximum atomic E-state index is 12.5. The summed E-state index contributed by atoms with van der Waals surface area (Å²) in [7, 11) is 0. The SMILES string of the molecule is CCCCOC(=O)c1ccc(N(CCCC)C(=O)OC(C)(C)C)cc1. The van der Waals surface area contributed by atoms with E-state index in [-0.39, 0.29) is 12.1 Å². The maximum absolute atomic E-state index is 12.5. The molecule has 5 nitrogen and oxygen atoms in total. The van der Waals surface area contributed by atoms with Crippen LogP contribution in [-0.4, -0.2) is 30.8 Å². The quantitative estimate of drug-likeness (QED) is 0.479. The van der Waals surface area contributed by atoms with Crippen LogP contribution >= 0.6 is 0 Å². The molecule has 0 radical (unpaired) electrons. The largest absolute Gasteiger partial charge is 0.462 e. The molecule has 0 aliphatic heterocycles. The van der Waals surface area contributed by atoms with E-state index in [1.165, 1.54) is 0 Å². The van der Waals surface area contributed by atoms with Crippen LogP contribution in [0.5, 0.6) is 0 Å². The van der Waals surface area contributed by atoms with Gasteiger partial charge in [-0.05, 0) is 57.9 Å². The van der Waals surface area contributed by atoms with Crippen molar-refractivity contribution in [2.75, 3.05) is 18.1 Å². The van der Waals surface area contributed by atoms with Crippen molar-refractivity contribution < 1.29 is 19.1 Å². The third-order valence-electron chi connectivity index (χ3n) is 3.49. The monoisotopic (exact) mass is 349 g/mol. The summed E-state index contributed by atoms with van der Waals surface area (Å²) >= 11 is 0. The second kappa shape index (κ2) is 10.1. The van der Waals surface area contributed by atoms with E-state index in [1.54, 1.807) is 29.2 Å². The molecule has 5 heteroatoms. The van der Waals surface area contributed by atoms with Crippen molar-refractivity contribution in [3.63, 3.8) is 0 Å². The summed E-state index contributed by atoms with van der Waals surface area (Å²) in [6.45, 7) is 10.7. The number of benzene rings is 1. The molecule has 1 aromatic rings. The van der Waals surface area contributed by atoms with Crippen molar-refractivity contribution in [1.82, 2.24) is 0 Å². The zero-order valence-corrected chi connectivity index (χ0v) is 16.1. The number of amides is 1. The van der Waals surface area contributed by atoms with Gasteiger partial charge in [0, 0.05) is 12.2 Å². The Balaban J connectivity index is 2.85. The zero-order valence-electron chi connectivity index (χ0n) is 16.1. The van der Waals surface area contributed by atoms with Crippen molar-refractivity contribution in [3.05, 3.63) is 29.8 Å². The minimum Gasteiger partial charge on any atom is -0.462 e. The van der Waals surface area contributed by atoms with Crippen LogP contribution in [0.3, 0.4) is 0 Å². The summed E-state index contributed by atoms with van der Waals surface area (Å²) in [4.78, 5) is 26.0. The first-order chi connectivity index (χ1) is 11.8. The third-order valence-corrected chi connectivity index (χ3v) is 3.49. The molecule has 0 aliphatic rings. The minimum absolute atomic E-state index is 0.336. The Hall–Kier alpha value is -2.04. The molecular formula is C20H31NO4. The molecule has 1 amide bonds. The number of carbonyl (C=O) groups excluding carboxylic acids is 2. The van der Waals surface area contributed by atoms with Crippen LogP contribution in [0.4, 0.5) is 10.5 Å². The molecule has 0 aromatic heterocycles. The van der Waals surface area contributed by atoms with Crippen molar-refractivity contribution in [2.45, 2.75) is 65.9 Å². The lowest BCUT2D eigenvalue weighted by Crippen LogP contribution is -2.37. The maximum Gasteiger partial charge on any atom is 0.414 e. The summed E-state index contributed by atoms with van der Waals surface area (Å²) in [5.41, 5.74) is 0.650. The number of unbranched alkanes of at least 4 members (excludes halogenated alkanes) is 2. The number of rotatable bonds is 8. The number of esters is 1. The highest BCUT2D eigenvalue weighted by Crippen LogP contribution is 2.20. The van der Waals surface area contributed by atoms with Gasteiger partial charge in [-0.1, -0.05) is 26.7 Å². The second-order valence-corrected chi connectivity index (χ2v) is 7.02. The lowest BCUT2D eigenvalue weighted by Gasteiger charge is -2.27. The molecule has 0 saturated carbocycles. The number of anilines is 1. The normalized spacial score (nSPS) is 11.1. The lowest BCUT2D eigenvalue weighted by atomic mass is 10.2. The topological polar surface area (TPSA) is 55.8 Å². The number of nitrogens with zero attached hydrogens (tertiary/aromatic N) is 1. The fourth-order valence-electron chi connectivity index (χ4n) is 2.13. The molecule has 0 atom stereocenters. The van der Waals surface area contributed by atoms with E-state index in [0.29, 0.717) is 24.4 Å². The molecular weight excluding hydrogens is 318 g/mol. The van der Waals surface area contributed by atoms with Gasteiger partial charge < -0.3 is 9.47 Å². The minimum atomic E-state index is -0.551. The van der Waals surface area contributed by atoms with Gasteiger partial charge in [0.1, 0.15) is 5.60 Å². The molecule has 1 rings (SSSR count). The predicted molar refractivity (Wildman–Crippen MR) is 100 cm³/mol. The van der Waals surface area contributed by atoms with Crippen LogP contribution in [0.2, 0.25) is 0 Å². The molecule has 0 aliphatic carbocycles. The Kier molecular flexibility index (Phi) is 8.46. The van der Waals surface area contributed by atoms with Crippen LogP contribution in [0.25, 0.3) is 0 Å². The average Bonchev–Trinajstić information content (AvgIpc) is 2.54. The fraction of sp³-hybridized carbons (Fsp3) is 0.600. The molecule has 0 heterocycles. The Labute approximate surface area is 151 Å². The predicted octanol–water partition coefficient (Wildman–Crippen LogP) is 5.19. The van der Waals surface area contributed by atoms with Crippen molar-refractivity contribution in [1.29, 1.82) is 0 Å². The molecule has 0 unspecified atom stereocenters. The van der Waals surface area contributed by atoms with Crippen molar-refractivity contribution in [2.24, 2.45) is 0 Å². The van der Waals surface area contributed by atoms with Crippen LogP contribution in [0.1, 0.15) is 70.7 Å². The summed E-state index contributed by atoms with van der Waals surface area (Å²) in [6.07, 6.45) is 3.31. The molecule has 25 heavy (non-hydrogen) atoms. The first-order valence-corrected chi connectivity index (χ1v) is 9.06. The standard InChI is InChI=1S/C20H31NO4/c1-6-8-14-21(19(23)25-20(3,4)5)17-12-10-16(11-13-17)18(22)24-15-9-7-2/h10-13H,6-9,14-15H2,1-5H3. The second-order valence-electron chi connectivity index (χ2n) is 7.02. The van der Waals surface area contributed by atoms with Gasteiger partial charge in [-0.3, -0.25) is 4.90 Å². The summed E-state index contributed by atoms with van der Waals surface area (Å²) in [6, 6.07) is 6.89. The van der Waals surface area contributed by atoms with Crippen molar-refractivity contribution in [3.8, 4) is 0 Å². The lowest BCUT2D eigenvalue weighted by molar-refractivity contribution is 0.0499. The molecule has 0 bridgehead atoms. The Bertz CT molecular complexity index is 546. The average molecular weight is 349 g/mol. The van der Waals surface area contributed by atoms with Gasteiger partial charge in [-0.25, -0.2) is 9.59 Å². The van der Waals surface area contributed by atoms with E-state index in [2.05, 4.69) is 6.92 Å². The highest BCUT2D eigenvalue weighted by Gasteiger charge is 2.23. The zero-order chi connectivity index (χ0) is 18.9. The van der Waals surface area contributed by atoms with Gasteiger partial charge in [0.2, 0.25) is 0 Å². The van der Waals surface area contributed by atoms with Crippen LogP contribution in [0, 0.1) is 0 Å². The Morgan fingerprint density at radius 1 is 1.00 bits per heavy atom. The molecule has 1 aromatic carbocycles. The summed E-state index contributed by atoms with van der Waals surface area (Å²) in [5.74, 6) is -0.336.